The number of hydrogen-bond donors (Lipinski definition) is 1. The average Bonchev–Trinajstić information content (AvgIpc) is 2.30. The van der Waals surface area contributed by atoms with Gasteiger partial charge in [0.1, 0.15) is 0 Å². The fourth-order valence-corrected chi connectivity index (χ4v) is 1.50. The number of alkyl halides is 1. The third kappa shape index (κ3) is 4.39. The monoisotopic (exact) mass is 300 g/mol. The Morgan fingerprint density at radius 2 is 2.16 bits per heavy atom. The van der Waals surface area contributed by atoms with Gasteiger partial charge in [-0.15, -0.1) is 0 Å². The van der Waals surface area contributed by atoms with Crippen molar-refractivity contribution < 1.29 is 9.18 Å². The van der Waals surface area contributed by atoms with Gasteiger partial charge < -0.3 is 5.32 Å². The lowest BCUT2D eigenvalue weighted by Gasteiger charge is -2.20. The summed E-state index contributed by atoms with van der Waals surface area (Å²) in [6, 6.07) is 4.41. The van der Waals surface area contributed by atoms with E-state index in [4.69, 9.17) is 11.6 Å². The third-order valence-electron chi connectivity index (χ3n) is 2.37. The number of rotatable bonds is 3. The molecular weight excluding hydrogens is 287 g/mol. The van der Waals surface area contributed by atoms with Crippen molar-refractivity contribution in [3.8, 4) is 0 Å². The van der Waals surface area contributed by atoms with E-state index in [9.17, 15) is 9.18 Å². The van der Waals surface area contributed by atoms with E-state index in [-0.39, 0.29) is 11.5 Å². The smallest absolute Gasteiger partial charge is 0.227 e. The molecule has 0 heterocycles. The molecule has 102 valence electrons. The van der Waals surface area contributed by atoms with Crippen LogP contribution in [0.1, 0.15) is 32.6 Å². The number of halogens is 2. The first-order valence-electron chi connectivity index (χ1n) is 5.58. The SMILES string of the molecule is CC(C)(C)C(=O)NC(F)c1ccc(Cl)c(N=C=S)c1. The van der Waals surface area contributed by atoms with Gasteiger partial charge in [-0.1, -0.05) is 38.4 Å². The van der Waals surface area contributed by atoms with Crippen LogP contribution < -0.4 is 5.32 Å². The minimum Gasteiger partial charge on any atom is -0.322 e. The fourth-order valence-electron chi connectivity index (χ4n) is 1.24. The zero-order valence-corrected chi connectivity index (χ0v) is 12.4. The highest BCUT2D eigenvalue weighted by atomic mass is 35.5. The molecule has 0 bridgehead atoms. The van der Waals surface area contributed by atoms with Gasteiger partial charge in [0.05, 0.1) is 15.9 Å². The van der Waals surface area contributed by atoms with Crippen LogP contribution in [0.15, 0.2) is 23.2 Å². The Morgan fingerprint density at radius 1 is 1.53 bits per heavy atom. The largest absolute Gasteiger partial charge is 0.322 e. The molecule has 0 aliphatic heterocycles. The van der Waals surface area contributed by atoms with Crippen LogP contribution in [0, 0.1) is 5.41 Å². The molecule has 1 amide bonds. The maximum absolute atomic E-state index is 14.0. The summed E-state index contributed by atoms with van der Waals surface area (Å²) >= 11 is 10.4. The van der Waals surface area contributed by atoms with Crippen LogP contribution in [0.3, 0.4) is 0 Å². The second kappa shape index (κ2) is 6.24. The van der Waals surface area contributed by atoms with Gasteiger partial charge in [0.25, 0.3) is 0 Å². The van der Waals surface area contributed by atoms with Crippen LogP contribution in [-0.4, -0.2) is 11.1 Å². The number of carbonyl (C=O) groups excluding carboxylic acids is 1. The number of aliphatic imine (C=N–C) groups is 1. The number of isothiocyanates is 1. The van der Waals surface area contributed by atoms with Crippen LogP contribution in [0.2, 0.25) is 5.02 Å². The van der Waals surface area contributed by atoms with Crippen molar-refractivity contribution in [1.82, 2.24) is 5.32 Å². The maximum Gasteiger partial charge on any atom is 0.227 e. The van der Waals surface area contributed by atoms with Gasteiger partial charge in [-0.2, -0.15) is 4.99 Å². The first kappa shape index (κ1) is 15.8. The van der Waals surface area contributed by atoms with Crippen molar-refractivity contribution in [2.75, 3.05) is 0 Å². The maximum atomic E-state index is 14.0. The van der Waals surface area contributed by atoms with Crippen LogP contribution in [0.5, 0.6) is 0 Å². The molecule has 6 heteroatoms. The van der Waals surface area contributed by atoms with E-state index < -0.39 is 11.7 Å². The lowest BCUT2D eigenvalue weighted by Crippen LogP contribution is -2.35. The van der Waals surface area contributed by atoms with Gasteiger partial charge in [0.2, 0.25) is 5.91 Å². The highest BCUT2D eigenvalue weighted by Gasteiger charge is 2.24. The van der Waals surface area contributed by atoms with Gasteiger partial charge >= 0.3 is 0 Å². The number of nitrogens with zero attached hydrogens (tertiary/aromatic N) is 1. The highest BCUT2D eigenvalue weighted by Crippen LogP contribution is 2.29. The van der Waals surface area contributed by atoms with Gasteiger partial charge in [-0.3, -0.25) is 4.79 Å². The number of hydrogen-bond acceptors (Lipinski definition) is 3. The summed E-state index contributed by atoms with van der Waals surface area (Å²) in [6.45, 7) is 5.12. The molecule has 19 heavy (non-hydrogen) atoms. The molecule has 3 nitrogen and oxygen atoms in total. The molecule has 0 aliphatic rings. The third-order valence-corrected chi connectivity index (χ3v) is 2.78. The first-order valence-corrected chi connectivity index (χ1v) is 6.36. The van der Waals surface area contributed by atoms with Crippen molar-refractivity contribution in [3.63, 3.8) is 0 Å². The van der Waals surface area contributed by atoms with E-state index >= 15 is 0 Å². The molecule has 1 aromatic rings. The van der Waals surface area contributed by atoms with E-state index in [0.29, 0.717) is 10.7 Å². The molecule has 1 unspecified atom stereocenters. The van der Waals surface area contributed by atoms with Crippen LogP contribution in [0.4, 0.5) is 10.1 Å². The topological polar surface area (TPSA) is 41.5 Å². The highest BCUT2D eigenvalue weighted by molar-refractivity contribution is 7.78. The van der Waals surface area contributed by atoms with Gasteiger partial charge in [0.15, 0.2) is 6.30 Å². The van der Waals surface area contributed by atoms with Gasteiger partial charge in [-0.25, -0.2) is 4.39 Å². The van der Waals surface area contributed by atoms with Crippen molar-refractivity contribution in [3.05, 3.63) is 28.8 Å². The molecule has 0 spiro atoms. The summed E-state index contributed by atoms with van der Waals surface area (Å²) in [5.41, 5.74) is -0.0839. The molecule has 0 saturated heterocycles. The molecule has 0 saturated carbocycles. The number of carbonyl (C=O) groups is 1. The number of benzene rings is 1. The lowest BCUT2D eigenvalue weighted by atomic mass is 9.95. The van der Waals surface area contributed by atoms with Crippen molar-refractivity contribution >= 4 is 40.6 Å². The van der Waals surface area contributed by atoms with Crippen molar-refractivity contribution in [2.24, 2.45) is 10.4 Å². The second-order valence-electron chi connectivity index (χ2n) is 5.00. The summed E-state index contributed by atoms with van der Waals surface area (Å²) in [6.07, 6.45) is -1.62. The number of thiocarbonyl (C=S) groups is 1. The quantitative estimate of drug-likeness (QED) is 0.516. The van der Waals surface area contributed by atoms with E-state index in [2.05, 4.69) is 27.7 Å². The summed E-state index contributed by atoms with van der Waals surface area (Å²) in [5.74, 6) is -0.380. The normalized spacial score (nSPS) is 12.5. The summed E-state index contributed by atoms with van der Waals surface area (Å²) in [5, 5.41) is 4.80. The van der Waals surface area contributed by atoms with Crippen LogP contribution in [0.25, 0.3) is 0 Å². The molecule has 0 radical (unpaired) electrons. The van der Waals surface area contributed by atoms with Crippen LogP contribution in [-0.2, 0) is 4.79 Å². The summed E-state index contributed by atoms with van der Waals surface area (Å²) in [4.78, 5) is 15.4. The minimum atomic E-state index is -1.62. The Kier molecular flexibility index (Phi) is 5.18. The Labute approximate surface area is 121 Å². The van der Waals surface area contributed by atoms with Gasteiger partial charge in [0, 0.05) is 11.0 Å². The van der Waals surface area contributed by atoms with E-state index in [1.165, 1.54) is 18.2 Å². The molecule has 0 aliphatic carbocycles. The molecule has 1 aromatic carbocycles. The predicted octanol–water partition coefficient (Wildman–Crippen LogP) is 4.20. The minimum absolute atomic E-state index is 0.256. The molecule has 1 atom stereocenters. The van der Waals surface area contributed by atoms with Crippen LogP contribution >= 0.6 is 23.8 Å². The standard InChI is InChI=1S/C13H14ClFN2OS/c1-13(2,3)12(18)17-11(15)8-4-5-9(14)10(6-8)16-7-19/h4-6,11H,1-3H3,(H,17,18). The molecule has 0 aromatic heterocycles. The Hall–Kier alpha value is -1.29. The average molecular weight is 301 g/mol. The summed E-state index contributed by atoms with van der Waals surface area (Å²) < 4.78 is 14.0. The second-order valence-corrected chi connectivity index (χ2v) is 5.59. The lowest BCUT2D eigenvalue weighted by molar-refractivity contribution is -0.130. The van der Waals surface area contributed by atoms with E-state index in [0.717, 1.165) is 0 Å². The van der Waals surface area contributed by atoms with Gasteiger partial charge in [-0.05, 0) is 24.4 Å². The van der Waals surface area contributed by atoms with E-state index in [1.54, 1.807) is 20.8 Å². The Morgan fingerprint density at radius 3 is 2.68 bits per heavy atom. The summed E-state index contributed by atoms with van der Waals surface area (Å²) in [7, 11) is 0. The molecule has 1 rings (SSSR count). The predicted molar refractivity (Wildman–Crippen MR) is 77.6 cm³/mol. The zero-order chi connectivity index (χ0) is 14.6. The fraction of sp³-hybridized carbons (Fsp3) is 0.385. The van der Waals surface area contributed by atoms with Crippen molar-refractivity contribution in [2.45, 2.75) is 27.1 Å². The number of amides is 1. The Balaban J connectivity index is 2.95. The number of nitrogens with one attached hydrogen (secondary N) is 1. The molecular formula is C13H14ClFN2OS. The molecule has 1 N–H and O–H groups in total. The van der Waals surface area contributed by atoms with Crippen molar-refractivity contribution in [1.29, 1.82) is 0 Å². The zero-order valence-electron chi connectivity index (χ0n) is 10.8. The first-order chi connectivity index (χ1) is 8.75. The molecule has 0 fully saturated rings. The Bertz CT molecular complexity index is 536. The van der Waals surface area contributed by atoms with E-state index in [1.807, 2.05) is 0 Å².